The third-order valence-corrected chi connectivity index (χ3v) is 6.39. The second-order valence-electron chi connectivity index (χ2n) is 8.48. The molecule has 3 nitrogen and oxygen atoms in total. The third kappa shape index (κ3) is 4.19. The quantitative estimate of drug-likeness (QED) is 0.388. The summed E-state index contributed by atoms with van der Waals surface area (Å²) >= 11 is 0. The van der Waals surface area contributed by atoms with Crippen LogP contribution < -0.4 is 5.32 Å². The smallest absolute Gasteiger partial charge is 0.0939 e. The number of aromatic nitrogens is 1. The highest BCUT2D eigenvalue weighted by molar-refractivity contribution is 5.94. The first kappa shape index (κ1) is 19.8. The predicted molar refractivity (Wildman–Crippen MR) is 131 cm³/mol. The van der Waals surface area contributed by atoms with Gasteiger partial charge in [0.25, 0.3) is 0 Å². The Hall–Kier alpha value is -3.17. The van der Waals surface area contributed by atoms with Crippen molar-refractivity contribution in [2.75, 3.05) is 18.4 Å². The number of benzene rings is 3. The van der Waals surface area contributed by atoms with Gasteiger partial charge in [-0.1, -0.05) is 61.0 Å². The summed E-state index contributed by atoms with van der Waals surface area (Å²) in [4.78, 5) is 7.34. The van der Waals surface area contributed by atoms with Crippen LogP contribution in [0, 0.1) is 6.92 Å². The van der Waals surface area contributed by atoms with Crippen molar-refractivity contribution in [3.05, 3.63) is 90.1 Å². The molecule has 1 fully saturated rings. The molecule has 3 aromatic carbocycles. The molecule has 2 heterocycles. The molecule has 1 aliphatic heterocycles. The van der Waals surface area contributed by atoms with Crippen molar-refractivity contribution in [1.29, 1.82) is 0 Å². The van der Waals surface area contributed by atoms with Crippen LogP contribution in [0.5, 0.6) is 0 Å². The zero-order valence-corrected chi connectivity index (χ0v) is 18.1. The SMILES string of the molecule is Cc1c(Nc2cccc3c(CN4CCCCC4)ccnc23)cccc1-c1ccccc1. The lowest BCUT2D eigenvalue weighted by Crippen LogP contribution is -2.29. The van der Waals surface area contributed by atoms with Crippen LogP contribution >= 0.6 is 0 Å². The maximum absolute atomic E-state index is 4.76. The van der Waals surface area contributed by atoms with Gasteiger partial charge in [-0.15, -0.1) is 0 Å². The molecule has 0 aliphatic carbocycles. The van der Waals surface area contributed by atoms with Crippen molar-refractivity contribution >= 4 is 22.3 Å². The first-order chi connectivity index (χ1) is 15.3. The number of nitrogens with zero attached hydrogens (tertiary/aromatic N) is 2. The Labute approximate surface area is 184 Å². The molecule has 0 radical (unpaired) electrons. The summed E-state index contributed by atoms with van der Waals surface area (Å²) < 4.78 is 0. The van der Waals surface area contributed by atoms with Crippen molar-refractivity contribution in [3.63, 3.8) is 0 Å². The van der Waals surface area contributed by atoms with E-state index in [1.807, 2.05) is 6.20 Å². The minimum absolute atomic E-state index is 1.00. The van der Waals surface area contributed by atoms with Crippen molar-refractivity contribution < 1.29 is 0 Å². The van der Waals surface area contributed by atoms with E-state index in [2.05, 4.69) is 89.9 Å². The lowest BCUT2D eigenvalue weighted by molar-refractivity contribution is 0.221. The monoisotopic (exact) mass is 407 g/mol. The molecule has 1 N–H and O–H groups in total. The third-order valence-electron chi connectivity index (χ3n) is 6.39. The summed E-state index contributed by atoms with van der Waals surface area (Å²) in [6.07, 6.45) is 5.95. The fourth-order valence-corrected chi connectivity index (χ4v) is 4.68. The number of piperidine rings is 1. The van der Waals surface area contributed by atoms with E-state index in [4.69, 9.17) is 4.98 Å². The number of para-hydroxylation sites is 1. The van der Waals surface area contributed by atoms with Crippen molar-refractivity contribution in [1.82, 2.24) is 9.88 Å². The van der Waals surface area contributed by atoms with Gasteiger partial charge in [0, 0.05) is 23.8 Å². The predicted octanol–water partition coefficient (Wildman–Crippen LogP) is 6.94. The van der Waals surface area contributed by atoms with Gasteiger partial charge in [-0.05, 0) is 73.3 Å². The molecule has 1 aromatic heterocycles. The average Bonchev–Trinajstić information content (AvgIpc) is 2.82. The van der Waals surface area contributed by atoms with Crippen molar-refractivity contribution in [2.45, 2.75) is 32.7 Å². The van der Waals surface area contributed by atoms with Crippen LogP contribution in [0.4, 0.5) is 11.4 Å². The van der Waals surface area contributed by atoms with Crippen LogP contribution in [0.2, 0.25) is 0 Å². The van der Waals surface area contributed by atoms with Gasteiger partial charge in [0.05, 0.1) is 11.2 Å². The standard InChI is InChI=1S/C28H29N3/c1-21-24(22-10-4-2-5-11-22)12-8-14-26(21)30-27-15-9-13-25-23(16-17-29-28(25)27)20-31-18-6-3-7-19-31/h2,4-5,8-17,30H,3,6-7,18-20H2,1H3. The molecule has 31 heavy (non-hydrogen) atoms. The zero-order valence-electron chi connectivity index (χ0n) is 18.1. The highest BCUT2D eigenvalue weighted by Gasteiger charge is 2.14. The van der Waals surface area contributed by atoms with Gasteiger partial charge in [-0.3, -0.25) is 9.88 Å². The molecule has 4 aromatic rings. The minimum atomic E-state index is 1.00. The van der Waals surface area contributed by atoms with E-state index in [-0.39, 0.29) is 0 Å². The Bertz CT molecular complexity index is 1180. The number of hydrogen-bond acceptors (Lipinski definition) is 3. The van der Waals surface area contributed by atoms with Gasteiger partial charge >= 0.3 is 0 Å². The summed E-state index contributed by atoms with van der Waals surface area (Å²) in [6, 6.07) is 25.7. The van der Waals surface area contributed by atoms with E-state index in [0.717, 1.165) is 23.4 Å². The van der Waals surface area contributed by atoms with Gasteiger partial charge in [0.15, 0.2) is 0 Å². The normalized spacial score (nSPS) is 14.6. The molecule has 1 saturated heterocycles. The number of pyridine rings is 1. The van der Waals surface area contributed by atoms with Crippen LogP contribution in [0.25, 0.3) is 22.0 Å². The van der Waals surface area contributed by atoms with Gasteiger partial charge in [-0.25, -0.2) is 0 Å². The Kier molecular flexibility index (Phi) is 5.68. The van der Waals surface area contributed by atoms with E-state index in [0.29, 0.717) is 0 Å². The lowest BCUT2D eigenvalue weighted by atomic mass is 9.99. The summed E-state index contributed by atoms with van der Waals surface area (Å²) in [7, 11) is 0. The van der Waals surface area contributed by atoms with Crippen LogP contribution in [0.1, 0.15) is 30.4 Å². The molecule has 156 valence electrons. The maximum atomic E-state index is 4.76. The molecule has 0 bridgehead atoms. The summed E-state index contributed by atoms with van der Waals surface area (Å²) in [5.41, 5.74) is 8.33. The Morgan fingerprint density at radius 2 is 1.58 bits per heavy atom. The van der Waals surface area contributed by atoms with Crippen molar-refractivity contribution in [3.8, 4) is 11.1 Å². The summed E-state index contributed by atoms with van der Waals surface area (Å²) in [5.74, 6) is 0. The highest BCUT2D eigenvalue weighted by Crippen LogP contribution is 2.33. The molecule has 0 spiro atoms. The number of rotatable bonds is 5. The van der Waals surface area contributed by atoms with Gasteiger partial charge in [-0.2, -0.15) is 0 Å². The minimum Gasteiger partial charge on any atom is -0.354 e. The molecule has 1 aliphatic rings. The van der Waals surface area contributed by atoms with E-state index in [9.17, 15) is 0 Å². The second kappa shape index (κ2) is 8.91. The lowest BCUT2D eigenvalue weighted by Gasteiger charge is -2.27. The Morgan fingerprint density at radius 1 is 0.806 bits per heavy atom. The topological polar surface area (TPSA) is 28.2 Å². The summed E-state index contributed by atoms with van der Waals surface area (Å²) in [6.45, 7) is 5.59. The number of likely N-dealkylation sites (tertiary alicyclic amines) is 1. The molecule has 0 saturated carbocycles. The van der Waals surface area contributed by atoms with Crippen LogP contribution in [0.3, 0.4) is 0 Å². The van der Waals surface area contributed by atoms with Crippen molar-refractivity contribution in [2.24, 2.45) is 0 Å². The van der Waals surface area contributed by atoms with Gasteiger partial charge in [0.2, 0.25) is 0 Å². The van der Waals surface area contributed by atoms with Crippen LogP contribution in [0.15, 0.2) is 79.0 Å². The van der Waals surface area contributed by atoms with E-state index < -0.39 is 0 Å². The molecule has 0 unspecified atom stereocenters. The van der Waals surface area contributed by atoms with Gasteiger partial charge in [0.1, 0.15) is 0 Å². The Balaban J connectivity index is 1.48. The zero-order chi connectivity index (χ0) is 21.0. The Morgan fingerprint density at radius 3 is 2.42 bits per heavy atom. The number of fused-ring (bicyclic) bond motifs is 1. The summed E-state index contributed by atoms with van der Waals surface area (Å²) in [5, 5.41) is 4.93. The number of hydrogen-bond donors (Lipinski definition) is 1. The van der Waals surface area contributed by atoms with E-state index in [1.54, 1.807) is 0 Å². The second-order valence-corrected chi connectivity index (χ2v) is 8.48. The first-order valence-corrected chi connectivity index (χ1v) is 11.3. The highest BCUT2D eigenvalue weighted by atomic mass is 15.1. The number of nitrogens with one attached hydrogen (secondary N) is 1. The molecule has 0 amide bonds. The van der Waals surface area contributed by atoms with Gasteiger partial charge < -0.3 is 5.32 Å². The molecule has 0 atom stereocenters. The maximum Gasteiger partial charge on any atom is 0.0939 e. The van der Waals surface area contributed by atoms with Crippen LogP contribution in [-0.4, -0.2) is 23.0 Å². The van der Waals surface area contributed by atoms with E-state index in [1.165, 1.54) is 60.0 Å². The largest absolute Gasteiger partial charge is 0.354 e. The molecule has 5 rings (SSSR count). The first-order valence-electron chi connectivity index (χ1n) is 11.3. The van der Waals surface area contributed by atoms with E-state index >= 15 is 0 Å². The molecule has 3 heteroatoms. The molecular formula is C28H29N3. The average molecular weight is 408 g/mol. The van der Waals surface area contributed by atoms with Crippen LogP contribution in [-0.2, 0) is 6.54 Å². The number of anilines is 2. The molecular weight excluding hydrogens is 378 g/mol. The fourth-order valence-electron chi connectivity index (χ4n) is 4.68. The fraction of sp³-hybridized carbons (Fsp3) is 0.250.